The minimum atomic E-state index is -0.823. The minimum absolute atomic E-state index is 0.0903. The number of halogens is 1. The van der Waals surface area contributed by atoms with Gasteiger partial charge in [0.1, 0.15) is 23.7 Å². The minimum Gasteiger partial charge on any atom is -0.495 e. The number of carbonyl (C=O) groups is 2. The molecule has 3 aliphatic rings. The highest BCUT2D eigenvalue weighted by molar-refractivity contribution is 9.10. The van der Waals surface area contributed by atoms with Gasteiger partial charge in [-0.1, -0.05) is 20.3 Å². The van der Waals surface area contributed by atoms with Gasteiger partial charge in [0.25, 0.3) is 0 Å². The molecule has 0 aromatic heterocycles. The van der Waals surface area contributed by atoms with Crippen molar-refractivity contribution >= 4 is 27.9 Å². The maximum Gasteiger partial charge on any atom is 0.346 e. The second-order valence-corrected chi connectivity index (χ2v) is 12.4. The first-order chi connectivity index (χ1) is 18.0. The fraction of sp³-hybridized carbons (Fsp3) is 0.533. The van der Waals surface area contributed by atoms with Crippen molar-refractivity contribution in [3.8, 4) is 23.0 Å². The molecule has 38 heavy (non-hydrogen) atoms. The summed E-state index contributed by atoms with van der Waals surface area (Å²) in [6.07, 6.45) is 3.83. The van der Waals surface area contributed by atoms with Gasteiger partial charge < -0.3 is 24.1 Å². The van der Waals surface area contributed by atoms with Gasteiger partial charge in [-0.25, -0.2) is 4.79 Å². The van der Waals surface area contributed by atoms with E-state index in [1.54, 1.807) is 18.2 Å². The highest BCUT2D eigenvalue weighted by atomic mass is 79.9. The number of hydrogen-bond donors (Lipinski definition) is 1. The largest absolute Gasteiger partial charge is 0.495 e. The lowest BCUT2D eigenvalue weighted by atomic mass is 9.75. The van der Waals surface area contributed by atoms with Gasteiger partial charge in [0.2, 0.25) is 0 Å². The average molecular weight is 588 g/mol. The van der Waals surface area contributed by atoms with Crippen LogP contribution in [0, 0.1) is 30.1 Å². The van der Waals surface area contributed by atoms with Gasteiger partial charge in [-0.05, 0) is 97.0 Å². The van der Waals surface area contributed by atoms with Crippen LogP contribution in [0.15, 0.2) is 22.7 Å². The molecule has 7 nitrogen and oxygen atoms in total. The number of aliphatic hydroxyl groups excluding tert-OH is 1. The lowest BCUT2D eigenvalue weighted by Crippen LogP contribution is -2.37. The first kappa shape index (κ1) is 27.0. The molecular weight excluding hydrogens is 552 g/mol. The number of ether oxygens (including phenoxy) is 4. The molecule has 204 valence electrons. The smallest absolute Gasteiger partial charge is 0.346 e. The van der Waals surface area contributed by atoms with Crippen LogP contribution in [-0.2, 0) is 16.1 Å². The molecule has 5 rings (SSSR count). The summed E-state index contributed by atoms with van der Waals surface area (Å²) in [7, 11) is 1.45. The van der Waals surface area contributed by atoms with Crippen LogP contribution in [0.25, 0.3) is 0 Å². The van der Waals surface area contributed by atoms with Crippen LogP contribution in [0.2, 0.25) is 0 Å². The molecule has 0 amide bonds. The number of hydrogen-bond acceptors (Lipinski definition) is 7. The Labute approximate surface area is 231 Å². The van der Waals surface area contributed by atoms with Crippen LogP contribution >= 0.6 is 15.9 Å². The average Bonchev–Trinajstić information content (AvgIpc) is 3.46. The lowest BCUT2D eigenvalue weighted by molar-refractivity contribution is -0.148. The molecule has 1 aliphatic heterocycles. The van der Waals surface area contributed by atoms with Gasteiger partial charge in [0.15, 0.2) is 11.5 Å². The Morgan fingerprint density at radius 1 is 1.29 bits per heavy atom. The summed E-state index contributed by atoms with van der Waals surface area (Å²) in [4.78, 5) is 26.8. The van der Waals surface area contributed by atoms with E-state index < -0.39 is 17.5 Å². The molecule has 8 heteroatoms. The first-order valence-electron chi connectivity index (χ1n) is 13.3. The number of cyclic esters (lactones) is 1. The summed E-state index contributed by atoms with van der Waals surface area (Å²) in [6, 6.07) is 5.10. The van der Waals surface area contributed by atoms with Crippen LogP contribution in [0.4, 0.5) is 0 Å². The highest BCUT2D eigenvalue weighted by Gasteiger charge is 2.53. The normalized spacial score (nSPS) is 24.6. The van der Waals surface area contributed by atoms with Crippen LogP contribution < -0.4 is 14.2 Å². The standard InChI is InChI=1S/C30H35BrO7/c1-15(2)10-21(32)19-8-9-22-24(27(19)35-5)28(33)36-14-20-25(31)16(3)11-23(26(20)37-22)38-29(34)30(4)13-17-6-7-18(30)12-17/h8-9,11,15,17-18,21,32H,6-7,10,12-14H2,1-5H3/t17-,18+,21+,30-/m1/s1. The third-order valence-corrected chi connectivity index (χ3v) is 9.56. The molecule has 2 fully saturated rings. The third kappa shape index (κ3) is 4.60. The summed E-state index contributed by atoms with van der Waals surface area (Å²) in [5.74, 6) is 1.30. The summed E-state index contributed by atoms with van der Waals surface area (Å²) in [5, 5.41) is 10.8. The molecule has 0 unspecified atom stereocenters. The quantitative estimate of drug-likeness (QED) is 0.286. The van der Waals surface area contributed by atoms with Gasteiger partial charge in [0.05, 0.1) is 24.2 Å². The van der Waals surface area contributed by atoms with Crippen LogP contribution in [0.3, 0.4) is 0 Å². The maximum atomic E-state index is 13.5. The molecule has 0 radical (unpaired) electrons. The van der Waals surface area contributed by atoms with Gasteiger partial charge in [-0.15, -0.1) is 0 Å². The van der Waals surface area contributed by atoms with Crippen molar-refractivity contribution in [1.82, 2.24) is 0 Å². The molecule has 2 aliphatic carbocycles. The predicted molar refractivity (Wildman–Crippen MR) is 145 cm³/mol. The Morgan fingerprint density at radius 3 is 2.68 bits per heavy atom. The zero-order valence-electron chi connectivity index (χ0n) is 22.6. The fourth-order valence-electron chi connectivity index (χ4n) is 6.44. The molecule has 2 aromatic carbocycles. The molecule has 0 saturated heterocycles. The highest BCUT2D eigenvalue weighted by Crippen LogP contribution is 2.57. The van der Waals surface area contributed by atoms with E-state index in [2.05, 4.69) is 15.9 Å². The zero-order valence-corrected chi connectivity index (χ0v) is 24.1. The monoisotopic (exact) mass is 586 g/mol. The fourth-order valence-corrected chi connectivity index (χ4v) is 6.84. The van der Waals surface area contributed by atoms with E-state index in [0.29, 0.717) is 45.4 Å². The van der Waals surface area contributed by atoms with Crippen molar-refractivity contribution in [2.45, 2.75) is 72.5 Å². The zero-order chi connectivity index (χ0) is 27.4. The van der Waals surface area contributed by atoms with Crippen molar-refractivity contribution < 1.29 is 33.6 Å². The summed E-state index contributed by atoms with van der Waals surface area (Å²) < 4.78 is 24.5. The Balaban J connectivity index is 1.56. The summed E-state index contributed by atoms with van der Waals surface area (Å²) in [6.45, 7) is 7.83. The topological polar surface area (TPSA) is 91.3 Å². The number of benzene rings is 2. The lowest BCUT2D eigenvalue weighted by Gasteiger charge is -2.32. The first-order valence-corrected chi connectivity index (χ1v) is 14.1. The molecular formula is C30H35BrO7. The molecule has 0 spiro atoms. The van der Waals surface area contributed by atoms with Crippen LogP contribution in [0.5, 0.6) is 23.0 Å². The van der Waals surface area contributed by atoms with Crippen molar-refractivity contribution in [2.24, 2.45) is 23.2 Å². The Hall–Kier alpha value is -2.58. The maximum absolute atomic E-state index is 13.5. The van der Waals surface area contributed by atoms with Crippen LogP contribution in [-0.4, -0.2) is 24.2 Å². The Bertz CT molecular complexity index is 1290. The van der Waals surface area contributed by atoms with Gasteiger partial charge in [-0.2, -0.15) is 0 Å². The van der Waals surface area contributed by atoms with Crippen molar-refractivity contribution in [3.05, 3.63) is 44.9 Å². The van der Waals surface area contributed by atoms with E-state index >= 15 is 0 Å². The summed E-state index contributed by atoms with van der Waals surface area (Å²) in [5.41, 5.74) is 1.46. The number of esters is 2. The number of aliphatic hydroxyl groups is 1. The van der Waals surface area contributed by atoms with Gasteiger partial charge in [0, 0.05) is 10.0 Å². The molecule has 2 saturated carbocycles. The Morgan fingerprint density at radius 2 is 2.05 bits per heavy atom. The number of fused-ring (bicyclic) bond motifs is 4. The predicted octanol–water partition coefficient (Wildman–Crippen LogP) is 7.04. The van der Waals surface area contributed by atoms with E-state index in [1.165, 1.54) is 13.5 Å². The van der Waals surface area contributed by atoms with Gasteiger partial charge in [-0.3, -0.25) is 4.79 Å². The molecule has 1 N–H and O–H groups in total. The molecule has 4 atom stereocenters. The molecule has 2 bridgehead atoms. The second kappa shape index (κ2) is 10.2. The van der Waals surface area contributed by atoms with Crippen LogP contribution in [0.1, 0.15) is 86.0 Å². The van der Waals surface area contributed by atoms with E-state index in [4.69, 9.17) is 18.9 Å². The van der Waals surface area contributed by atoms with Gasteiger partial charge >= 0.3 is 11.9 Å². The molecule has 1 heterocycles. The van der Waals surface area contributed by atoms with Crippen molar-refractivity contribution in [1.29, 1.82) is 0 Å². The Kier molecular flexibility index (Phi) is 7.24. The van der Waals surface area contributed by atoms with E-state index in [0.717, 1.165) is 24.8 Å². The third-order valence-electron chi connectivity index (χ3n) is 8.45. The number of carbonyl (C=O) groups excluding carboxylic acids is 2. The van der Waals surface area contributed by atoms with E-state index in [9.17, 15) is 14.7 Å². The summed E-state index contributed by atoms with van der Waals surface area (Å²) >= 11 is 3.60. The molecule has 2 aromatic rings. The SMILES string of the molecule is COc1c([C@@H](O)CC(C)C)ccc2c1C(=O)OCc1c(Br)c(C)cc(OC(=O)[C@]3(C)C[C@@H]4CC[C@H]3C4)c1O2. The van der Waals surface area contributed by atoms with E-state index in [1.807, 2.05) is 27.7 Å². The number of rotatable bonds is 6. The number of aryl methyl sites for hydroxylation is 1. The van der Waals surface area contributed by atoms with Crippen molar-refractivity contribution in [2.75, 3.05) is 7.11 Å². The number of methoxy groups -OCH3 is 1. The van der Waals surface area contributed by atoms with E-state index in [-0.39, 0.29) is 35.6 Å². The second-order valence-electron chi connectivity index (χ2n) is 11.6. The van der Waals surface area contributed by atoms with Crippen molar-refractivity contribution in [3.63, 3.8) is 0 Å².